The topological polar surface area (TPSA) is 87.7 Å². The average molecular weight is 440 g/mol. The van der Waals surface area contributed by atoms with Crippen LogP contribution in [0.2, 0.25) is 0 Å². The number of benzene rings is 1. The number of rotatable bonds is 5. The van der Waals surface area contributed by atoms with E-state index in [1.54, 1.807) is 43.6 Å². The number of nitrogens with zero attached hydrogens (tertiary/aromatic N) is 4. The number of thiazole rings is 1. The highest BCUT2D eigenvalue weighted by molar-refractivity contribution is 7.22. The lowest BCUT2D eigenvalue weighted by molar-refractivity contribution is -0.129. The zero-order valence-electron chi connectivity index (χ0n) is 17.8. The molecule has 1 fully saturated rings. The smallest absolute Gasteiger partial charge is 0.269 e. The zero-order chi connectivity index (χ0) is 22.0. The molecule has 0 radical (unpaired) electrons. The first-order chi connectivity index (χ1) is 14.9. The van der Waals surface area contributed by atoms with Gasteiger partial charge in [-0.25, -0.2) is 4.98 Å². The number of ether oxygens (including phenoxy) is 1. The maximum Gasteiger partial charge on any atom is 0.269 e. The van der Waals surface area contributed by atoms with E-state index in [0.29, 0.717) is 23.2 Å². The lowest BCUT2D eigenvalue weighted by atomic mass is 10.0. The van der Waals surface area contributed by atoms with Gasteiger partial charge in [-0.15, -0.1) is 0 Å². The van der Waals surface area contributed by atoms with Crippen LogP contribution in [0.4, 0.5) is 5.13 Å². The molecule has 1 aliphatic heterocycles. The molecule has 0 spiro atoms. The Morgan fingerprint density at radius 1 is 1.19 bits per heavy atom. The minimum absolute atomic E-state index is 0.144. The zero-order valence-corrected chi connectivity index (χ0v) is 18.6. The molecule has 31 heavy (non-hydrogen) atoms. The van der Waals surface area contributed by atoms with Gasteiger partial charge in [0, 0.05) is 58.5 Å². The van der Waals surface area contributed by atoms with Gasteiger partial charge in [-0.2, -0.15) is 0 Å². The van der Waals surface area contributed by atoms with Gasteiger partial charge < -0.3 is 19.9 Å². The number of amides is 2. The molecule has 1 saturated heterocycles. The third-order valence-electron chi connectivity index (χ3n) is 5.53. The molecule has 0 aliphatic carbocycles. The normalized spacial score (nSPS) is 14.5. The van der Waals surface area contributed by atoms with Crippen molar-refractivity contribution in [3.63, 3.8) is 0 Å². The number of hydrogen-bond donors (Lipinski definition) is 1. The number of anilines is 1. The number of carbonyl (C=O) groups is 2. The van der Waals surface area contributed by atoms with Crippen LogP contribution in [0.25, 0.3) is 10.2 Å². The van der Waals surface area contributed by atoms with Gasteiger partial charge in [0.05, 0.1) is 10.2 Å². The molecule has 2 aromatic heterocycles. The van der Waals surface area contributed by atoms with Crippen molar-refractivity contribution in [2.75, 3.05) is 32.1 Å². The molecule has 0 saturated carbocycles. The summed E-state index contributed by atoms with van der Waals surface area (Å²) in [4.78, 5) is 36.3. The molecular weight excluding hydrogens is 414 g/mol. The molecule has 1 aromatic carbocycles. The molecule has 4 rings (SSSR count). The molecule has 3 heterocycles. The van der Waals surface area contributed by atoms with Crippen LogP contribution >= 0.6 is 11.3 Å². The van der Waals surface area contributed by atoms with E-state index < -0.39 is 0 Å². The number of fused-ring (bicyclic) bond motifs is 1. The van der Waals surface area contributed by atoms with Crippen molar-refractivity contribution in [2.45, 2.75) is 25.8 Å². The molecule has 0 atom stereocenters. The maximum atomic E-state index is 11.8. The van der Waals surface area contributed by atoms with Crippen molar-refractivity contribution in [3.05, 3.63) is 42.2 Å². The highest BCUT2D eigenvalue weighted by Gasteiger charge is 2.25. The second kappa shape index (κ2) is 8.89. The van der Waals surface area contributed by atoms with Gasteiger partial charge in [0.2, 0.25) is 5.91 Å². The molecule has 2 amide bonds. The van der Waals surface area contributed by atoms with Gasteiger partial charge in [0.25, 0.3) is 5.91 Å². The van der Waals surface area contributed by atoms with E-state index in [4.69, 9.17) is 9.72 Å². The third kappa shape index (κ3) is 4.61. The van der Waals surface area contributed by atoms with Crippen LogP contribution in [0.5, 0.6) is 11.5 Å². The number of piperidine rings is 1. The van der Waals surface area contributed by atoms with Crippen LogP contribution in [0, 0.1) is 0 Å². The first kappa shape index (κ1) is 21.0. The largest absolute Gasteiger partial charge is 0.457 e. The number of likely N-dealkylation sites (tertiary alicyclic amines) is 1. The summed E-state index contributed by atoms with van der Waals surface area (Å²) in [5, 5.41) is 3.51. The van der Waals surface area contributed by atoms with Crippen LogP contribution in [0.1, 0.15) is 30.3 Å². The standard InChI is InChI=1S/C22H25N5O3S/c1-14(28)27-10-7-15(8-11-27)26(3)22-25-18-5-4-16(13-20(18)31-22)30-17-6-9-24-19(12-17)21(29)23-2/h4-6,9,12-13,15H,7-8,10-11H2,1-3H3,(H,23,29). The fraction of sp³-hybridized carbons (Fsp3) is 0.364. The number of carbonyl (C=O) groups excluding carboxylic acids is 2. The quantitative estimate of drug-likeness (QED) is 0.656. The Balaban J connectivity index is 1.48. The van der Waals surface area contributed by atoms with E-state index in [1.807, 2.05) is 23.1 Å². The van der Waals surface area contributed by atoms with Crippen LogP contribution in [0.3, 0.4) is 0 Å². The Labute approximate surface area is 184 Å². The minimum atomic E-state index is -0.259. The Bertz CT molecular complexity index is 1110. The van der Waals surface area contributed by atoms with Gasteiger partial charge in [0.15, 0.2) is 5.13 Å². The minimum Gasteiger partial charge on any atom is -0.457 e. The number of aromatic nitrogens is 2. The summed E-state index contributed by atoms with van der Waals surface area (Å²) in [6.07, 6.45) is 3.43. The van der Waals surface area contributed by atoms with Crippen molar-refractivity contribution in [1.29, 1.82) is 0 Å². The molecule has 0 bridgehead atoms. The summed E-state index contributed by atoms with van der Waals surface area (Å²) < 4.78 is 6.98. The average Bonchev–Trinajstić information content (AvgIpc) is 3.21. The predicted molar refractivity (Wildman–Crippen MR) is 121 cm³/mol. The molecule has 1 aliphatic rings. The van der Waals surface area contributed by atoms with E-state index in [-0.39, 0.29) is 11.8 Å². The van der Waals surface area contributed by atoms with E-state index in [0.717, 1.165) is 41.3 Å². The SMILES string of the molecule is CNC(=O)c1cc(Oc2ccc3nc(N(C)C4CCN(C(C)=O)CC4)sc3c2)ccn1. The Morgan fingerprint density at radius 2 is 1.94 bits per heavy atom. The lowest BCUT2D eigenvalue weighted by Gasteiger charge is -2.36. The van der Waals surface area contributed by atoms with E-state index in [2.05, 4.69) is 22.2 Å². The monoisotopic (exact) mass is 439 g/mol. The van der Waals surface area contributed by atoms with E-state index in [1.165, 1.54) is 0 Å². The Kier molecular flexibility index (Phi) is 6.03. The van der Waals surface area contributed by atoms with Crippen molar-refractivity contribution < 1.29 is 14.3 Å². The van der Waals surface area contributed by atoms with Gasteiger partial charge in [-0.05, 0) is 31.0 Å². The molecule has 0 unspecified atom stereocenters. The van der Waals surface area contributed by atoms with Crippen molar-refractivity contribution in [3.8, 4) is 11.5 Å². The molecular formula is C22H25N5O3S. The first-order valence-electron chi connectivity index (χ1n) is 10.2. The highest BCUT2D eigenvalue weighted by atomic mass is 32.1. The van der Waals surface area contributed by atoms with Gasteiger partial charge in [-0.1, -0.05) is 11.3 Å². The summed E-state index contributed by atoms with van der Waals surface area (Å²) in [7, 11) is 3.64. The van der Waals surface area contributed by atoms with Crippen molar-refractivity contribution in [1.82, 2.24) is 20.2 Å². The Morgan fingerprint density at radius 3 is 2.65 bits per heavy atom. The summed E-state index contributed by atoms with van der Waals surface area (Å²) in [5.74, 6) is 1.11. The second-order valence-electron chi connectivity index (χ2n) is 7.53. The third-order valence-corrected chi connectivity index (χ3v) is 6.64. The van der Waals surface area contributed by atoms with Gasteiger partial charge in [-0.3, -0.25) is 14.6 Å². The van der Waals surface area contributed by atoms with Crippen LogP contribution in [0.15, 0.2) is 36.5 Å². The number of pyridine rings is 1. The van der Waals surface area contributed by atoms with Crippen LogP contribution in [-0.4, -0.2) is 59.9 Å². The summed E-state index contributed by atoms with van der Waals surface area (Å²) in [5.41, 5.74) is 1.22. The van der Waals surface area contributed by atoms with Gasteiger partial charge in [0.1, 0.15) is 17.2 Å². The summed E-state index contributed by atoms with van der Waals surface area (Å²) in [6, 6.07) is 9.47. The van der Waals surface area contributed by atoms with Gasteiger partial charge >= 0.3 is 0 Å². The molecule has 9 heteroatoms. The fourth-order valence-electron chi connectivity index (χ4n) is 3.69. The van der Waals surface area contributed by atoms with E-state index in [9.17, 15) is 9.59 Å². The second-order valence-corrected chi connectivity index (χ2v) is 8.54. The Hall–Kier alpha value is -3.20. The van der Waals surface area contributed by atoms with Crippen LogP contribution in [-0.2, 0) is 4.79 Å². The maximum absolute atomic E-state index is 11.8. The number of hydrogen-bond acceptors (Lipinski definition) is 7. The number of nitrogens with one attached hydrogen (secondary N) is 1. The lowest BCUT2D eigenvalue weighted by Crippen LogP contribution is -2.45. The summed E-state index contributed by atoms with van der Waals surface area (Å²) in [6.45, 7) is 3.21. The first-order valence-corrected chi connectivity index (χ1v) is 11.0. The molecule has 1 N–H and O–H groups in total. The van der Waals surface area contributed by atoms with E-state index >= 15 is 0 Å². The van der Waals surface area contributed by atoms with Crippen molar-refractivity contribution >= 4 is 38.5 Å². The molecule has 162 valence electrons. The highest BCUT2D eigenvalue weighted by Crippen LogP contribution is 2.34. The molecule has 3 aromatic rings. The van der Waals surface area contributed by atoms with Crippen LogP contribution < -0.4 is 15.0 Å². The molecule has 8 nitrogen and oxygen atoms in total. The predicted octanol–water partition coefficient (Wildman–Crippen LogP) is 3.29. The summed E-state index contributed by atoms with van der Waals surface area (Å²) >= 11 is 1.62. The fourth-order valence-corrected chi connectivity index (χ4v) is 4.72. The van der Waals surface area contributed by atoms with Crippen molar-refractivity contribution in [2.24, 2.45) is 0 Å².